The lowest BCUT2D eigenvalue weighted by molar-refractivity contribution is -0.119. The smallest absolute Gasteiger partial charge is 0.217 e. The van der Waals surface area contributed by atoms with E-state index in [1.54, 1.807) is 11.3 Å². The molecule has 0 aliphatic heterocycles. The second-order valence-electron chi connectivity index (χ2n) is 5.96. The number of benzene rings is 2. The molecular weight excluding hydrogens is 316 g/mol. The molecule has 0 unspecified atom stereocenters. The molecule has 122 valence electrons. The number of hydrogen-bond acceptors (Lipinski definition) is 3. The fraction of sp³-hybridized carbons (Fsp3) is 0.200. The number of aromatic nitrogens is 1. The summed E-state index contributed by atoms with van der Waals surface area (Å²) in [6.45, 7) is 6.31. The van der Waals surface area contributed by atoms with Crippen molar-refractivity contribution < 1.29 is 4.79 Å². The molecule has 0 aliphatic carbocycles. The number of aryl methyl sites for hydroxylation is 2. The van der Waals surface area contributed by atoms with Crippen LogP contribution in [0.1, 0.15) is 23.6 Å². The first kappa shape index (κ1) is 16.4. The van der Waals surface area contributed by atoms with E-state index in [0.29, 0.717) is 6.54 Å². The maximum absolute atomic E-state index is 11.0. The van der Waals surface area contributed by atoms with Gasteiger partial charge in [-0.1, -0.05) is 48.0 Å². The molecule has 1 amide bonds. The first-order chi connectivity index (χ1) is 11.5. The Bertz CT molecular complexity index is 866. The zero-order valence-electron chi connectivity index (χ0n) is 14.1. The minimum atomic E-state index is -0.0170. The second-order valence-corrected chi connectivity index (χ2v) is 6.82. The highest BCUT2D eigenvalue weighted by Crippen LogP contribution is 2.31. The van der Waals surface area contributed by atoms with Crippen molar-refractivity contribution in [3.8, 4) is 21.8 Å². The van der Waals surface area contributed by atoms with E-state index in [1.807, 2.05) is 12.1 Å². The van der Waals surface area contributed by atoms with Crippen LogP contribution in [0.2, 0.25) is 0 Å². The van der Waals surface area contributed by atoms with Crippen molar-refractivity contribution in [1.29, 1.82) is 0 Å². The number of carbonyl (C=O) groups is 1. The number of nitrogens with one attached hydrogen (secondary N) is 1. The minimum absolute atomic E-state index is 0.0170. The largest absolute Gasteiger partial charge is 0.352 e. The van der Waals surface area contributed by atoms with E-state index in [2.05, 4.69) is 54.9 Å². The third-order valence-electron chi connectivity index (χ3n) is 3.91. The predicted octanol–water partition coefficient (Wildman–Crippen LogP) is 4.73. The third kappa shape index (κ3) is 3.71. The molecule has 3 nitrogen and oxygen atoms in total. The zero-order valence-corrected chi connectivity index (χ0v) is 14.9. The van der Waals surface area contributed by atoms with Crippen LogP contribution in [0, 0.1) is 13.8 Å². The molecule has 2 aromatic carbocycles. The van der Waals surface area contributed by atoms with E-state index < -0.39 is 0 Å². The highest BCUT2D eigenvalue weighted by atomic mass is 32.1. The molecule has 0 bridgehead atoms. The van der Waals surface area contributed by atoms with Crippen LogP contribution < -0.4 is 5.32 Å². The van der Waals surface area contributed by atoms with Gasteiger partial charge < -0.3 is 5.32 Å². The lowest BCUT2D eigenvalue weighted by atomic mass is 10.1. The molecule has 0 atom stereocenters. The van der Waals surface area contributed by atoms with Crippen molar-refractivity contribution in [1.82, 2.24) is 10.3 Å². The maximum atomic E-state index is 11.0. The van der Waals surface area contributed by atoms with E-state index in [9.17, 15) is 4.79 Å². The van der Waals surface area contributed by atoms with E-state index in [4.69, 9.17) is 4.98 Å². The summed E-state index contributed by atoms with van der Waals surface area (Å²) in [6.07, 6.45) is 0. The van der Waals surface area contributed by atoms with Gasteiger partial charge in [-0.3, -0.25) is 4.79 Å². The highest BCUT2D eigenvalue weighted by molar-refractivity contribution is 7.13. The van der Waals surface area contributed by atoms with Crippen molar-refractivity contribution >= 4 is 17.2 Å². The van der Waals surface area contributed by atoms with Gasteiger partial charge in [0.05, 0.1) is 5.69 Å². The van der Waals surface area contributed by atoms with Gasteiger partial charge in [-0.05, 0) is 25.0 Å². The summed E-state index contributed by atoms with van der Waals surface area (Å²) >= 11 is 1.67. The predicted molar refractivity (Wildman–Crippen MR) is 100.0 cm³/mol. The van der Waals surface area contributed by atoms with Crippen LogP contribution in [0.4, 0.5) is 0 Å². The molecule has 4 heteroatoms. The first-order valence-corrected chi connectivity index (χ1v) is 8.78. The van der Waals surface area contributed by atoms with E-state index in [1.165, 1.54) is 23.6 Å². The molecule has 0 radical (unpaired) electrons. The lowest BCUT2D eigenvalue weighted by Gasteiger charge is -2.04. The molecular formula is C20H20N2OS. The van der Waals surface area contributed by atoms with Gasteiger partial charge in [0.15, 0.2) is 0 Å². The van der Waals surface area contributed by atoms with Crippen molar-refractivity contribution in [2.45, 2.75) is 27.3 Å². The monoisotopic (exact) mass is 336 g/mol. The molecule has 0 saturated carbocycles. The van der Waals surface area contributed by atoms with Crippen molar-refractivity contribution in [3.63, 3.8) is 0 Å². The van der Waals surface area contributed by atoms with Crippen LogP contribution in [0.25, 0.3) is 21.8 Å². The molecule has 0 aliphatic rings. The molecule has 0 spiro atoms. The molecule has 1 heterocycles. The summed E-state index contributed by atoms with van der Waals surface area (Å²) in [7, 11) is 0. The number of hydrogen-bond donors (Lipinski definition) is 1. The van der Waals surface area contributed by atoms with Gasteiger partial charge in [0, 0.05) is 30.0 Å². The third-order valence-corrected chi connectivity index (χ3v) is 4.78. The number of thiazole rings is 1. The summed E-state index contributed by atoms with van der Waals surface area (Å²) < 4.78 is 0. The molecule has 3 rings (SSSR count). The zero-order chi connectivity index (χ0) is 17.1. The lowest BCUT2D eigenvalue weighted by Crippen LogP contribution is -2.18. The molecule has 0 saturated heterocycles. The molecule has 24 heavy (non-hydrogen) atoms. The Morgan fingerprint density at radius 1 is 1.12 bits per heavy atom. The van der Waals surface area contributed by atoms with E-state index in [0.717, 1.165) is 21.8 Å². The standard InChI is InChI=1S/C20H20N2OS/c1-13-4-9-18(14(2)10-13)20-22-19(12-24-20)17-7-5-16(6-8-17)11-21-15(3)23/h4-10,12H,11H2,1-3H3,(H,21,23). The minimum Gasteiger partial charge on any atom is -0.352 e. The van der Waals surface area contributed by atoms with Crippen molar-refractivity contribution in [2.75, 3.05) is 0 Å². The molecule has 0 fully saturated rings. The first-order valence-electron chi connectivity index (χ1n) is 7.90. The second kappa shape index (κ2) is 6.97. The quantitative estimate of drug-likeness (QED) is 0.748. The van der Waals surface area contributed by atoms with Gasteiger partial charge in [-0.15, -0.1) is 11.3 Å². The van der Waals surface area contributed by atoms with Crippen LogP contribution in [0.3, 0.4) is 0 Å². The van der Waals surface area contributed by atoms with Gasteiger partial charge in [-0.25, -0.2) is 4.98 Å². The Morgan fingerprint density at radius 3 is 2.54 bits per heavy atom. The molecule has 1 N–H and O–H groups in total. The molecule has 1 aromatic heterocycles. The SMILES string of the molecule is CC(=O)NCc1ccc(-c2csc(-c3ccc(C)cc3C)n2)cc1. The van der Waals surface area contributed by atoms with Gasteiger partial charge in [0.25, 0.3) is 0 Å². The summed E-state index contributed by atoms with van der Waals surface area (Å²) in [5.74, 6) is -0.0170. The number of rotatable bonds is 4. The highest BCUT2D eigenvalue weighted by Gasteiger charge is 2.09. The summed E-state index contributed by atoms with van der Waals surface area (Å²) in [6, 6.07) is 14.6. The van der Waals surface area contributed by atoms with Crippen LogP contribution in [0.5, 0.6) is 0 Å². The normalized spacial score (nSPS) is 10.6. The van der Waals surface area contributed by atoms with Gasteiger partial charge in [0.2, 0.25) is 5.91 Å². The van der Waals surface area contributed by atoms with E-state index in [-0.39, 0.29) is 5.91 Å². The van der Waals surface area contributed by atoms with Crippen LogP contribution in [-0.2, 0) is 11.3 Å². The Kier molecular flexibility index (Phi) is 4.76. The van der Waals surface area contributed by atoms with Gasteiger partial charge >= 0.3 is 0 Å². The van der Waals surface area contributed by atoms with Gasteiger partial charge in [0.1, 0.15) is 5.01 Å². The number of amides is 1. The van der Waals surface area contributed by atoms with Crippen molar-refractivity contribution in [3.05, 3.63) is 64.5 Å². The van der Waals surface area contributed by atoms with Crippen molar-refractivity contribution in [2.24, 2.45) is 0 Å². The van der Waals surface area contributed by atoms with E-state index >= 15 is 0 Å². The number of nitrogens with zero attached hydrogens (tertiary/aromatic N) is 1. The van der Waals surface area contributed by atoms with Crippen LogP contribution >= 0.6 is 11.3 Å². The Morgan fingerprint density at radius 2 is 1.88 bits per heavy atom. The van der Waals surface area contributed by atoms with Crippen LogP contribution in [0.15, 0.2) is 47.8 Å². The fourth-order valence-electron chi connectivity index (χ4n) is 2.60. The summed E-state index contributed by atoms with van der Waals surface area (Å²) in [5, 5.41) is 5.95. The Balaban J connectivity index is 1.81. The van der Waals surface area contributed by atoms with Gasteiger partial charge in [-0.2, -0.15) is 0 Å². The summed E-state index contributed by atoms with van der Waals surface area (Å²) in [5.41, 5.74) is 6.87. The number of carbonyl (C=O) groups excluding carboxylic acids is 1. The van der Waals surface area contributed by atoms with Crippen LogP contribution in [-0.4, -0.2) is 10.9 Å². The maximum Gasteiger partial charge on any atom is 0.217 e. The average Bonchev–Trinajstić information content (AvgIpc) is 3.03. The Labute approximate surface area is 146 Å². The summed E-state index contributed by atoms with van der Waals surface area (Å²) in [4.78, 5) is 15.8. The average molecular weight is 336 g/mol. The molecule has 3 aromatic rings. The Hall–Kier alpha value is -2.46. The topological polar surface area (TPSA) is 42.0 Å². The fourth-order valence-corrected chi connectivity index (χ4v) is 3.52.